The van der Waals surface area contributed by atoms with E-state index in [0.29, 0.717) is 44.9 Å². The molecule has 0 saturated carbocycles. The van der Waals surface area contributed by atoms with E-state index in [1.54, 1.807) is 60.7 Å². The molecule has 390 valence electrons. The van der Waals surface area contributed by atoms with Crippen molar-refractivity contribution in [3.05, 3.63) is 122 Å². The topological polar surface area (TPSA) is 327 Å². The van der Waals surface area contributed by atoms with Crippen LogP contribution in [0, 0.1) is 5.41 Å². The number of anilines is 1. The number of nitrogens with zero attached hydrogens (tertiary/aromatic N) is 6. The van der Waals surface area contributed by atoms with Crippen molar-refractivity contribution in [2.45, 2.75) is 57.1 Å². The lowest BCUT2D eigenvalue weighted by Gasteiger charge is -2.15. The number of hydrogen-bond acceptors (Lipinski definition) is 20. The molecule has 10 N–H and O–H groups in total. The van der Waals surface area contributed by atoms with E-state index >= 15 is 0 Å². The Hall–Kier alpha value is -5.72. The molecule has 74 heavy (non-hydrogen) atoms. The number of rotatable bonds is 23. The Labute approximate surface area is 459 Å². The summed E-state index contributed by atoms with van der Waals surface area (Å²) < 4.78 is 10.6. The molecule has 5 aromatic rings. The first-order valence-electron chi connectivity index (χ1n) is 21.9. The molecule has 0 aliphatic heterocycles. The molecule has 3 atom stereocenters. The lowest BCUT2D eigenvalue weighted by atomic mass is 10.1. The number of aryl methyl sites for hydroxylation is 1. The summed E-state index contributed by atoms with van der Waals surface area (Å²) >= 11 is 9.68. The number of amidine groups is 3. The molecule has 0 fully saturated rings. The van der Waals surface area contributed by atoms with Crippen LogP contribution in [-0.4, -0.2) is 94.6 Å². The molecule has 0 spiro atoms. The average molecular weight is 1160 g/mol. The second kappa shape index (κ2) is 31.2. The molecule has 0 saturated heterocycles. The van der Waals surface area contributed by atoms with Crippen molar-refractivity contribution in [1.29, 1.82) is 5.41 Å². The van der Waals surface area contributed by atoms with Crippen molar-refractivity contribution in [2.75, 3.05) is 28.3 Å². The van der Waals surface area contributed by atoms with Crippen LogP contribution in [0.5, 0.6) is 0 Å². The summed E-state index contributed by atoms with van der Waals surface area (Å²) in [6.07, 6.45) is -1.78. The van der Waals surface area contributed by atoms with Crippen molar-refractivity contribution in [1.82, 2.24) is 5.10 Å². The van der Waals surface area contributed by atoms with Crippen LogP contribution >= 0.6 is 92.8 Å². The third-order valence-corrected chi connectivity index (χ3v) is 16.5. The fourth-order valence-electron chi connectivity index (χ4n) is 5.95. The van der Waals surface area contributed by atoms with Crippen LogP contribution in [0.1, 0.15) is 58.4 Å². The molecule has 20 nitrogen and oxygen atoms in total. The first kappa shape index (κ1) is 59.2. The maximum Gasteiger partial charge on any atom is 0.303 e. The first-order valence-corrected chi connectivity index (χ1v) is 29.3. The minimum atomic E-state index is -1.36. The van der Waals surface area contributed by atoms with Gasteiger partial charge < -0.3 is 32.4 Å². The lowest BCUT2D eigenvalue weighted by Crippen LogP contribution is -2.36. The number of nitrogens with two attached hydrogens (primary N) is 4. The van der Waals surface area contributed by atoms with Gasteiger partial charge in [-0.1, -0.05) is 84.6 Å². The van der Waals surface area contributed by atoms with Gasteiger partial charge in [0.05, 0.1) is 39.6 Å². The summed E-state index contributed by atoms with van der Waals surface area (Å²) in [5.74, 6) is -2.20. The predicted octanol–water partition coefficient (Wildman–Crippen LogP) is 6.13. The van der Waals surface area contributed by atoms with E-state index in [1.807, 2.05) is 35.0 Å². The van der Waals surface area contributed by atoms with Crippen LogP contribution in [0.3, 0.4) is 0 Å². The number of carbonyl (C=O) groups is 6. The number of aliphatic imine (C=N–C) groups is 3. The maximum atomic E-state index is 13.5. The number of hydrogen-bond donors (Lipinski definition) is 6. The number of ether oxygens (including phenoxy) is 2. The number of amides is 4. The SMILES string of the molecule is CC(=O)OC(C(=O)N=C(N)SC(CCSCC(N)SC(N)=NC(=O)C(OC(C)=O)c1ccccc1)=N[n+]1nc(NC(=O)Cc2cccs2)sc1CCSCC(=N)SC(N)=NC(=O)Cc1cccs1)c1ccccc1. The van der Waals surface area contributed by atoms with Crippen LogP contribution in [-0.2, 0) is 57.5 Å². The Bertz CT molecular complexity index is 2830. The van der Waals surface area contributed by atoms with E-state index in [0.717, 1.165) is 45.0 Å². The number of carbonyl (C=O) groups excluding carboxylic acids is 6. The van der Waals surface area contributed by atoms with E-state index in [-0.39, 0.29) is 56.6 Å². The fourth-order valence-corrected chi connectivity index (χ4v) is 12.5. The van der Waals surface area contributed by atoms with E-state index in [1.165, 1.54) is 76.2 Å². The molecule has 3 unspecified atom stereocenters. The van der Waals surface area contributed by atoms with Crippen LogP contribution < -0.4 is 33.0 Å². The Morgan fingerprint density at radius 2 is 1.30 bits per heavy atom. The Morgan fingerprint density at radius 1 is 0.730 bits per heavy atom. The lowest BCUT2D eigenvalue weighted by molar-refractivity contribution is -0.737. The van der Waals surface area contributed by atoms with Gasteiger partial charge in [-0.25, -0.2) is 0 Å². The zero-order valence-electron chi connectivity index (χ0n) is 39.7. The van der Waals surface area contributed by atoms with Crippen LogP contribution in [0.4, 0.5) is 5.13 Å². The van der Waals surface area contributed by atoms with Gasteiger partial charge in [-0.3, -0.25) is 39.5 Å². The average Bonchev–Trinajstić information content (AvgIpc) is 4.14. The molecule has 2 aromatic carbocycles. The van der Waals surface area contributed by atoms with Gasteiger partial charge in [-0.05, 0) is 63.5 Å². The van der Waals surface area contributed by atoms with Crippen molar-refractivity contribution >= 4 is 159 Å². The molecule has 3 heterocycles. The third-order valence-electron chi connectivity index (χ3n) is 8.95. The van der Waals surface area contributed by atoms with Crippen LogP contribution in [0.25, 0.3) is 0 Å². The van der Waals surface area contributed by atoms with Gasteiger partial charge in [0, 0.05) is 63.5 Å². The van der Waals surface area contributed by atoms with Crippen molar-refractivity contribution in [2.24, 2.45) is 43.0 Å². The Morgan fingerprint density at radius 3 is 1.86 bits per heavy atom. The Kier molecular flexibility index (Phi) is 25.0. The zero-order valence-corrected chi connectivity index (χ0v) is 46.2. The highest BCUT2D eigenvalue weighted by Crippen LogP contribution is 2.24. The van der Waals surface area contributed by atoms with E-state index in [9.17, 15) is 28.8 Å². The number of thioether (sulfide) groups is 5. The smallest absolute Gasteiger partial charge is 0.303 e. The highest BCUT2D eigenvalue weighted by molar-refractivity contribution is 8.27. The molecule has 4 amide bonds. The molecule has 0 bridgehead atoms. The van der Waals surface area contributed by atoms with Gasteiger partial charge in [0.15, 0.2) is 20.5 Å². The summed E-state index contributed by atoms with van der Waals surface area (Å²) in [4.78, 5) is 91.0. The summed E-state index contributed by atoms with van der Waals surface area (Å²) in [7, 11) is 0. The summed E-state index contributed by atoms with van der Waals surface area (Å²) in [5, 5.41) is 25.0. The molecule has 0 aliphatic rings. The van der Waals surface area contributed by atoms with Crippen molar-refractivity contribution < 1.29 is 43.0 Å². The molecule has 28 heteroatoms. The van der Waals surface area contributed by atoms with Crippen LogP contribution in [0.15, 0.2) is 116 Å². The van der Waals surface area contributed by atoms with Crippen molar-refractivity contribution in [3.8, 4) is 0 Å². The van der Waals surface area contributed by atoms with Gasteiger partial charge >= 0.3 is 16.9 Å². The maximum absolute atomic E-state index is 13.5. The predicted molar refractivity (Wildman–Crippen MR) is 303 cm³/mol. The highest BCUT2D eigenvalue weighted by atomic mass is 32.2. The quantitative estimate of drug-likeness (QED) is 0.0107. The summed E-state index contributed by atoms with van der Waals surface area (Å²) in [6.45, 7) is 2.37. The largest absolute Gasteiger partial charge is 0.447 e. The molecular weight excluding hydrogens is 1110 g/mol. The highest BCUT2D eigenvalue weighted by Gasteiger charge is 2.28. The summed E-state index contributed by atoms with van der Waals surface area (Å²) in [6, 6.07) is 24.2. The second-order valence-corrected chi connectivity index (χ2v) is 23.7. The fraction of sp³-hybridized carbons (Fsp3) is 0.283. The molecule has 0 aliphatic carbocycles. The minimum absolute atomic E-state index is 0.0233. The molecule has 3 aromatic heterocycles. The zero-order chi connectivity index (χ0) is 53.4. The Balaban J connectivity index is 1.32. The number of nitrogens with one attached hydrogen (secondary N) is 2. The van der Waals surface area contributed by atoms with Gasteiger partial charge in [0.2, 0.25) is 18.1 Å². The normalized spacial score (nSPS) is 13.4. The number of thiophene rings is 2. The molecule has 0 radical (unpaired) electrons. The van der Waals surface area contributed by atoms with Gasteiger partial charge in [0.25, 0.3) is 22.9 Å². The summed E-state index contributed by atoms with van der Waals surface area (Å²) in [5.41, 5.74) is 25.7. The number of aromatic nitrogens is 2. The van der Waals surface area contributed by atoms with E-state index < -0.39 is 47.2 Å². The second-order valence-electron chi connectivity index (χ2n) is 14.9. The third kappa shape index (κ3) is 21.6. The van der Waals surface area contributed by atoms with E-state index in [4.69, 9.17) is 42.9 Å². The number of esters is 2. The molecule has 5 rings (SSSR count). The first-order chi connectivity index (χ1) is 35.5. The van der Waals surface area contributed by atoms with Gasteiger partial charge in [-0.2, -0.15) is 38.5 Å². The van der Waals surface area contributed by atoms with E-state index in [2.05, 4.69) is 25.4 Å². The number of benzene rings is 2. The molecular formula is C46H51N12O8S8+. The van der Waals surface area contributed by atoms with Gasteiger partial charge in [-0.15, -0.1) is 22.7 Å². The standard InChI is InChI=1S/C46H50N12O8S8/c1-27(59)65-39(29-11-5-3-6-12-29)41(63)54-44(50)72-34(48)25-67-21-17-37(73-45(51)55-42(64)40(66-28(2)60)30-13-7-4-8-14-30)56-58-38(74-46(57-58)53-36(62)24-32-16-10-20-70-32)18-22-68-26-33(47)71-43(49)52-35(61)23-31-15-9-19-69-31/h3-16,19-20,34,39-40,47H,17-18,21-26,48H2,1-2H3,(H6-,49,50,51,52,53,54,55,57,61,62,63,64)/p+1. The minimum Gasteiger partial charge on any atom is -0.447 e. The monoisotopic (exact) mass is 1160 g/mol. The van der Waals surface area contributed by atoms with Crippen LogP contribution in [0.2, 0.25) is 0 Å². The van der Waals surface area contributed by atoms with Gasteiger partial charge in [0.1, 0.15) is 0 Å². The van der Waals surface area contributed by atoms with Crippen molar-refractivity contribution in [3.63, 3.8) is 0 Å².